The van der Waals surface area contributed by atoms with Crippen LogP contribution in [0.1, 0.15) is 5.69 Å². The Morgan fingerprint density at radius 3 is 2.56 bits per heavy atom. The molecule has 0 saturated carbocycles. The lowest BCUT2D eigenvalue weighted by Crippen LogP contribution is -2.23. The van der Waals surface area contributed by atoms with Crippen molar-refractivity contribution in [2.24, 2.45) is 0 Å². The van der Waals surface area contributed by atoms with Gasteiger partial charge in [-0.25, -0.2) is 9.78 Å². The van der Waals surface area contributed by atoms with Crippen LogP contribution in [0.3, 0.4) is 0 Å². The third-order valence-electron chi connectivity index (χ3n) is 3.95. The number of fused-ring (bicyclic) bond motifs is 1. The van der Waals surface area contributed by atoms with Gasteiger partial charge in [0.25, 0.3) is 0 Å². The van der Waals surface area contributed by atoms with Crippen LogP contribution in [0.25, 0.3) is 10.8 Å². The van der Waals surface area contributed by atoms with Crippen molar-refractivity contribution in [2.75, 3.05) is 43.1 Å². The van der Waals surface area contributed by atoms with E-state index in [-0.39, 0.29) is 12.0 Å². The first-order chi connectivity index (χ1) is 13.0. The van der Waals surface area contributed by atoms with Crippen LogP contribution in [-0.4, -0.2) is 48.1 Å². The molecule has 0 aliphatic rings. The zero-order valence-electron chi connectivity index (χ0n) is 15.8. The molecular weight excluding hydrogens is 340 g/mol. The zero-order chi connectivity index (χ0) is 19.2. The fourth-order valence-corrected chi connectivity index (χ4v) is 2.65. The number of nitrogens with zero attached hydrogens (tertiary/aromatic N) is 3. The highest BCUT2D eigenvalue weighted by atomic mass is 16.2. The minimum Gasteiger partial charge on any atom is -0.369 e. The smallest absolute Gasteiger partial charge is 0.326 e. The second-order valence-corrected chi connectivity index (χ2v) is 6.59. The molecule has 27 heavy (non-hydrogen) atoms. The van der Waals surface area contributed by atoms with Crippen LogP contribution in [-0.2, 0) is 0 Å². The number of amides is 2. The Morgan fingerprint density at radius 1 is 1.00 bits per heavy atom. The van der Waals surface area contributed by atoms with E-state index in [1.807, 2.05) is 69.6 Å². The summed E-state index contributed by atoms with van der Waals surface area (Å²) in [6.07, 6.45) is 0. The van der Waals surface area contributed by atoms with Gasteiger partial charge >= 0.3 is 6.03 Å². The van der Waals surface area contributed by atoms with E-state index in [0.717, 1.165) is 29.6 Å². The fraction of sp³-hybridized carbons (Fsp3) is 0.250. The maximum absolute atomic E-state index is 12.3. The summed E-state index contributed by atoms with van der Waals surface area (Å²) in [4.78, 5) is 23.0. The van der Waals surface area contributed by atoms with E-state index >= 15 is 0 Å². The molecule has 3 N–H and O–H groups in total. The number of benzene rings is 2. The van der Waals surface area contributed by atoms with Crippen LogP contribution in [0.2, 0.25) is 0 Å². The molecule has 0 aliphatic heterocycles. The minimum absolute atomic E-state index is 0.264. The Bertz CT molecular complexity index is 941. The Labute approximate surface area is 158 Å². The van der Waals surface area contributed by atoms with Crippen LogP contribution >= 0.6 is 0 Å². The first-order valence-electron chi connectivity index (χ1n) is 8.81. The largest absolute Gasteiger partial charge is 0.369 e. The standard InChI is InChI=1S/C20H24N6O/c1-14-12-18(21-10-11-26(2)3)24-19(22-14)25-20(27)23-17-9-8-15-6-4-5-7-16(15)13-17/h4-9,12-13H,10-11H2,1-3H3,(H3,21,22,23,24,25,27). The highest BCUT2D eigenvalue weighted by Crippen LogP contribution is 2.19. The SMILES string of the molecule is Cc1cc(NCCN(C)C)nc(NC(=O)Nc2ccc3ccccc3c2)n1. The summed E-state index contributed by atoms with van der Waals surface area (Å²) in [5.74, 6) is 0.950. The van der Waals surface area contributed by atoms with Gasteiger partial charge in [0.2, 0.25) is 5.95 Å². The van der Waals surface area contributed by atoms with Gasteiger partial charge in [-0.15, -0.1) is 0 Å². The van der Waals surface area contributed by atoms with Gasteiger partial charge in [-0.3, -0.25) is 5.32 Å². The molecule has 0 radical (unpaired) electrons. The summed E-state index contributed by atoms with van der Waals surface area (Å²) in [5, 5.41) is 10.9. The van der Waals surface area contributed by atoms with Gasteiger partial charge in [-0.2, -0.15) is 4.98 Å². The predicted molar refractivity (Wildman–Crippen MR) is 110 cm³/mol. The van der Waals surface area contributed by atoms with Gasteiger partial charge < -0.3 is 15.5 Å². The van der Waals surface area contributed by atoms with Crippen LogP contribution in [0.4, 0.5) is 22.2 Å². The summed E-state index contributed by atoms with van der Waals surface area (Å²) < 4.78 is 0. The van der Waals surface area contributed by atoms with E-state index in [2.05, 4.69) is 30.8 Å². The quantitative estimate of drug-likeness (QED) is 0.623. The Kier molecular flexibility index (Phi) is 5.83. The summed E-state index contributed by atoms with van der Waals surface area (Å²) in [6, 6.07) is 15.2. The van der Waals surface area contributed by atoms with Crippen molar-refractivity contribution in [3.63, 3.8) is 0 Å². The molecule has 3 aromatic rings. The van der Waals surface area contributed by atoms with Crippen LogP contribution in [0.15, 0.2) is 48.5 Å². The van der Waals surface area contributed by atoms with E-state index < -0.39 is 0 Å². The molecule has 0 aliphatic carbocycles. The Balaban J connectivity index is 1.64. The zero-order valence-corrected chi connectivity index (χ0v) is 15.8. The molecule has 0 saturated heterocycles. The van der Waals surface area contributed by atoms with E-state index in [9.17, 15) is 4.79 Å². The third kappa shape index (κ3) is 5.39. The molecule has 0 unspecified atom stereocenters. The molecular formula is C20H24N6O. The fourth-order valence-electron chi connectivity index (χ4n) is 2.65. The number of rotatable bonds is 6. The predicted octanol–water partition coefficient (Wildman–Crippen LogP) is 3.56. The van der Waals surface area contributed by atoms with Crippen molar-refractivity contribution in [1.29, 1.82) is 0 Å². The summed E-state index contributed by atoms with van der Waals surface area (Å²) in [5.41, 5.74) is 1.49. The van der Waals surface area contributed by atoms with E-state index in [1.54, 1.807) is 0 Å². The van der Waals surface area contributed by atoms with Crippen LogP contribution < -0.4 is 16.0 Å². The number of anilines is 3. The molecule has 0 atom stereocenters. The highest BCUT2D eigenvalue weighted by molar-refractivity contribution is 6.00. The molecule has 2 aromatic carbocycles. The molecule has 0 spiro atoms. The Morgan fingerprint density at radius 2 is 1.78 bits per heavy atom. The Hall–Kier alpha value is -3.19. The number of urea groups is 1. The number of aryl methyl sites for hydroxylation is 1. The van der Waals surface area contributed by atoms with Gasteiger partial charge in [0.05, 0.1) is 0 Å². The van der Waals surface area contributed by atoms with Crippen LogP contribution in [0.5, 0.6) is 0 Å². The highest BCUT2D eigenvalue weighted by Gasteiger charge is 2.08. The number of hydrogen-bond donors (Lipinski definition) is 3. The van der Waals surface area contributed by atoms with E-state index in [1.165, 1.54) is 0 Å². The number of likely N-dealkylation sites (N-methyl/N-ethyl adjacent to an activating group) is 1. The molecule has 0 bridgehead atoms. The van der Waals surface area contributed by atoms with E-state index in [0.29, 0.717) is 11.5 Å². The molecule has 7 nitrogen and oxygen atoms in total. The minimum atomic E-state index is -0.380. The van der Waals surface area contributed by atoms with E-state index in [4.69, 9.17) is 0 Å². The van der Waals surface area contributed by atoms with Crippen molar-refractivity contribution in [2.45, 2.75) is 6.92 Å². The first-order valence-corrected chi connectivity index (χ1v) is 8.81. The lowest BCUT2D eigenvalue weighted by atomic mass is 10.1. The molecule has 0 fully saturated rings. The normalized spacial score (nSPS) is 10.8. The molecule has 1 heterocycles. The average Bonchev–Trinajstić information content (AvgIpc) is 2.60. The van der Waals surface area contributed by atoms with Crippen LogP contribution in [0, 0.1) is 6.92 Å². The first kappa shape index (κ1) is 18.6. The second kappa shape index (κ2) is 8.46. The number of aromatic nitrogens is 2. The maximum atomic E-state index is 12.3. The lowest BCUT2D eigenvalue weighted by molar-refractivity contribution is 0.262. The second-order valence-electron chi connectivity index (χ2n) is 6.59. The molecule has 1 aromatic heterocycles. The number of nitrogens with one attached hydrogen (secondary N) is 3. The average molecular weight is 364 g/mol. The van der Waals surface area contributed by atoms with Gasteiger partial charge in [0, 0.05) is 30.5 Å². The van der Waals surface area contributed by atoms with Crippen molar-refractivity contribution < 1.29 is 4.79 Å². The number of carbonyl (C=O) groups is 1. The summed E-state index contributed by atoms with van der Waals surface area (Å²) in [7, 11) is 4.02. The number of hydrogen-bond acceptors (Lipinski definition) is 5. The molecule has 140 valence electrons. The van der Waals surface area contributed by atoms with Crippen molar-refractivity contribution in [3.8, 4) is 0 Å². The summed E-state index contributed by atoms with van der Waals surface area (Å²) >= 11 is 0. The molecule has 7 heteroatoms. The van der Waals surface area contributed by atoms with Gasteiger partial charge in [0.15, 0.2) is 0 Å². The van der Waals surface area contributed by atoms with Crippen molar-refractivity contribution in [1.82, 2.24) is 14.9 Å². The van der Waals surface area contributed by atoms with Gasteiger partial charge in [-0.05, 0) is 43.9 Å². The van der Waals surface area contributed by atoms with Crippen molar-refractivity contribution in [3.05, 3.63) is 54.2 Å². The topological polar surface area (TPSA) is 82.2 Å². The van der Waals surface area contributed by atoms with Gasteiger partial charge in [-0.1, -0.05) is 30.3 Å². The third-order valence-corrected chi connectivity index (χ3v) is 3.95. The van der Waals surface area contributed by atoms with Crippen molar-refractivity contribution >= 4 is 34.3 Å². The molecule has 3 rings (SSSR count). The maximum Gasteiger partial charge on any atom is 0.326 e. The lowest BCUT2D eigenvalue weighted by Gasteiger charge is -2.12. The number of carbonyl (C=O) groups excluding carboxylic acids is 1. The molecule has 2 amide bonds. The van der Waals surface area contributed by atoms with Gasteiger partial charge in [0.1, 0.15) is 5.82 Å². The monoisotopic (exact) mass is 364 g/mol. The summed E-state index contributed by atoms with van der Waals surface area (Å²) in [6.45, 7) is 3.51.